The minimum atomic E-state index is -0.375. The number of hydrogen-bond acceptors (Lipinski definition) is 4. The fourth-order valence-corrected chi connectivity index (χ4v) is 2.66. The summed E-state index contributed by atoms with van der Waals surface area (Å²) >= 11 is 3.38. The Morgan fingerprint density at radius 1 is 1.24 bits per heavy atom. The number of halogens is 1. The van der Waals surface area contributed by atoms with Crippen molar-refractivity contribution in [1.82, 2.24) is 15.6 Å². The molecule has 0 saturated heterocycles. The molecular weight excluding hydrogens is 384 g/mol. The summed E-state index contributed by atoms with van der Waals surface area (Å²) in [6, 6.07) is 16.7. The van der Waals surface area contributed by atoms with Gasteiger partial charge in [0.1, 0.15) is 11.4 Å². The number of hydrogen-bond donors (Lipinski definition) is 2. The molecule has 0 aliphatic rings. The van der Waals surface area contributed by atoms with E-state index in [9.17, 15) is 4.79 Å². The van der Waals surface area contributed by atoms with Gasteiger partial charge < -0.3 is 4.74 Å². The molecule has 0 bridgehead atoms. The van der Waals surface area contributed by atoms with Crippen LogP contribution in [0, 0.1) is 0 Å². The largest absolute Gasteiger partial charge is 0.496 e. The molecule has 7 heteroatoms. The lowest BCUT2D eigenvalue weighted by atomic mass is 10.1. The van der Waals surface area contributed by atoms with Crippen LogP contribution in [0.1, 0.15) is 16.1 Å². The highest BCUT2D eigenvalue weighted by Crippen LogP contribution is 2.28. The number of nitrogens with zero attached hydrogens (tertiary/aromatic N) is 2. The second-order valence-electron chi connectivity index (χ2n) is 5.12. The summed E-state index contributed by atoms with van der Waals surface area (Å²) in [5, 5.41) is 10.8. The summed E-state index contributed by atoms with van der Waals surface area (Å²) in [7, 11) is 1.59. The maximum atomic E-state index is 12.2. The number of carbonyl (C=O) groups excluding carboxylic acids is 1. The fourth-order valence-electron chi connectivity index (χ4n) is 2.24. The van der Waals surface area contributed by atoms with Crippen LogP contribution in [0.25, 0.3) is 11.3 Å². The molecule has 0 atom stereocenters. The zero-order valence-corrected chi connectivity index (χ0v) is 14.9. The van der Waals surface area contributed by atoms with Crippen molar-refractivity contribution in [2.45, 2.75) is 0 Å². The summed E-state index contributed by atoms with van der Waals surface area (Å²) < 4.78 is 6.25. The number of nitrogens with one attached hydrogen (secondary N) is 2. The van der Waals surface area contributed by atoms with Crippen LogP contribution in [0.3, 0.4) is 0 Å². The van der Waals surface area contributed by atoms with Gasteiger partial charge in [-0.1, -0.05) is 40.2 Å². The third kappa shape index (κ3) is 4.13. The van der Waals surface area contributed by atoms with Gasteiger partial charge in [0.25, 0.3) is 5.91 Å². The molecule has 3 rings (SSSR count). The summed E-state index contributed by atoms with van der Waals surface area (Å²) in [5.41, 5.74) is 5.08. The molecule has 1 aromatic heterocycles. The Labute approximate surface area is 153 Å². The molecule has 0 aliphatic heterocycles. The Balaban J connectivity index is 1.70. The number of methoxy groups -OCH3 is 1. The van der Waals surface area contributed by atoms with Crippen molar-refractivity contribution < 1.29 is 9.53 Å². The first-order valence-electron chi connectivity index (χ1n) is 7.45. The van der Waals surface area contributed by atoms with Gasteiger partial charge in [-0.3, -0.25) is 9.89 Å². The number of benzene rings is 2. The number of amides is 1. The molecule has 0 spiro atoms. The van der Waals surface area contributed by atoms with Gasteiger partial charge in [0.05, 0.1) is 19.0 Å². The fraction of sp³-hybridized carbons (Fsp3) is 0.0556. The lowest BCUT2D eigenvalue weighted by Gasteiger charge is -2.04. The smallest absolute Gasteiger partial charge is 0.289 e. The van der Waals surface area contributed by atoms with E-state index < -0.39 is 0 Å². The number of aromatic nitrogens is 2. The topological polar surface area (TPSA) is 79.4 Å². The van der Waals surface area contributed by atoms with Gasteiger partial charge >= 0.3 is 0 Å². The van der Waals surface area contributed by atoms with Gasteiger partial charge in [-0.15, -0.1) is 0 Å². The van der Waals surface area contributed by atoms with Crippen molar-refractivity contribution in [2.24, 2.45) is 5.10 Å². The van der Waals surface area contributed by atoms with Crippen molar-refractivity contribution in [3.8, 4) is 17.0 Å². The summed E-state index contributed by atoms with van der Waals surface area (Å²) in [6.45, 7) is 0. The predicted octanol–water partition coefficient (Wildman–Crippen LogP) is 3.61. The first kappa shape index (κ1) is 16.9. The number of hydrazone groups is 1. The monoisotopic (exact) mass is 398 g/mol. The van der Waals surface area contributed by atoms with Crippen LogP contribution in [-0.4, -0.2) is 29.4 Å². The van der Waals surface area contributed by atoms with Crippen LogP contribution in [-0.2, 0) is 0 Å². The summed E-state index contributed by atoms with van der Waals surface area (Å²) in [5.74, 6) is 0.313. The molecule has 1 amide bonds. The third-order valence-corrected chi connectivity index (χ3v) is 3.93. The highest BCUT2D eigenvalue weighted by atomic mass is 79.9. The minimum Gasteiger partial charge on any atom is -0.496 e. The number of aromatic amines is 1. The highest BCUT2D eigenvalue weighted by molar-refractivity contribution is 9.10. The van der Waals surface area contributed by atoms with Gasteiger partial charge in [-0.2, -0.15) is 10.2 Å². The molecule has 0 aliphatic carbocycles. The highest BCUT2D eigenvalue weighted by Gasteiger charge is 2.13. The van der Waals surface area contributed by atoms with Crippen molar-refractivity contribution in [2.75, 3.05) is 7.11 Å². The molecule has 0 fully saturated rings. The molecule has 1 heterocycles. The lowest BCUT2D eigenvalue weighted by molar-refractivity contribution is 0.0950. The zero-order valence-electron chi connectivity index (χ0n) is 13.4. The third-order valence-electron chi connectivity index (χ3n) is 3.43. The van der Waals surface area contributed by atoms with Crippen LogP contribution < -0.4 is 10.2 Å². The second kappa shape index (κ2) is 7.76. The van der Waals surface area contributed by atoms with E-state index in [1.165, 1.54) is 0 Å². The Kier molecular flexibility index (Phi) is 5.25. The van der Waals surface area contributed by atoms with Crippen molar-refractivity contribution >= 4 is 28.1 Å². The SMILES string of the molecule is COc1ccccc1-c1cc(C(=O)N/N=C\c2cccc(Br)c2)[nH]n1. The first-order chi connectivity index (χ1) is 12.2. The number of rotatable bonds is 5. The molecular formula is C18H15BrN4O2. The lowest BCUT2D eigenvalue weighted by Crippen LogP contribution is -2.17. The maximum Gasteiger partial charge on any atom is 0.289 e. The van der Waals surface area contributed by atoms with Crippen LogP contribution in [0.4, 0.5) is 0 Å². The van der Waals surface area contributed by atoms with E-state index in [0.717, 1.165) is 15.6 Å². The van der Waals surface area contributed by atoms with Gasteiger partial charge in [-0.05, 0) is 35.9 Å². The molecule has 2 aromatic carbocycles. The number of H-pyrrole nitrogens is 1. The minimum absolute atomic E-state index is 0.312. The quantitative estimate of drug-likeness (QED) is 0.508. The van der Waals surface area contributed by atoms with Gasteiger partial charge in [-0.25, -0.2) is 5.43 Å². The van der Waals surface area contributed by atoms with Crippen LogP contribution in [0.2, 0.25) is 0 Å². The summed E-state index contributed by atoms with van der Waals surface area (Å²) in [4.78, 5) is 12.2. The van der Waals surface area contributed by atoms with Crippen LogP contribution in [0.15, 0.2) is 64.2 Å². The molecule has 2 N–H and O–H groups in total. The standard InChI is InChI=1S/C18H15BrN4O2/c1-25-17-8-3-2-7-14(17)15-10-16(22-21-15)18(24)23-20-11-12-5-4-6-13(19)9-12/h2-11H,1H3,(H,21,22)(H,23,24)/b20-11-. The van der Waals surface area contributed by atoms with E-state index in [2.05, 4.69) is 36.7 Å². The molecule has 3 aromatic rings. The first-order valence-corrected chi connectivity index (χ1v) is 8.24. The van der Waals surface area contributed by atoms with Crippen molar-refractivity contribution in [1.29, 1.82) is 0 Å². The van der Waals surface area contributed by atoms with Crippen LogP contribution >= 0.6 is 15.9 Å². The normalized spacial score (nSPS) is 10.8. The Morgan fingerprint density at radius 3 is 2.88 bits per heavy atom. The zero-order chi connectivity index (χ0) is 17.6. The Bertz CT molecular complexity index is 921. The van der Waals surface area contributed by atoms with E-state index in [1.807, 2.05) is 48.5 Å². The van der Waals surface area contributed by atoms with Gasteiger partial charge in [0, 0.05) is 10.0 Å². The maximum absolute atomic E-state index is 12.2. The van der Waals surface area contributed by atoms with Crippen molar-refractivity contribution in [3.05, 3.63) is 70.3 Å². The van der Waals surface area contributed by atoms with E-state index >= 15 is 0 Å². The van der Waals surface area contributed by atoms with Crippen molar-refractivity contribution in [3.63, 3.8) is 0 Å². The molecule has 6 nitrogen and oxygen atoms in total. The number of ether oxygens (including phenoxy) is 1. The average molecular weight is 399 g/mol. The number of para-hydroxylation sites is 1. The molecule has 126 valence electrons. The Hall–Kier alpha value is -2.93. The molecule has 0 saturated carbocycles. The van der Waals surface area contributed by atoms with E-state index in [-0.39, 0.29) is 5.91 Å². The van der Waals surface area contributed by atoms with Crippen LogP contribution in [0.5, 0.6) is 5.75 Å². The predicted molar refractivity (Wildman–Crippen MR) is 99.8 cm³/mol. The van der Waals surface area contributed by atoms with E-state index in [4.69, 9.17) is 4.74 Å². The van der Waals surface area contributed by atoms with Gasteiger partial charge in [0.2, 0.25) is 0 Å². The number of carbonyl (C=O) groups is 1. The molecule has 0 unspecified atom stereocenters. The molecule has 0 radical (unpaired) electrons. The summed E-state index contributed by atoms with van der Waals surface area (Å²) in [6.07, 6.45) is 1.57. The van der Waals surface area contributed by atoms with E-state index in [1.54, 1.807) is 19.4 Å². The molecule has 25 heavy (non-hydrogen) atoms. The van der Waals surface area contributed by atoms with E-state index in [0.29, 0.717) is 17.1 Å². The Morgan fingerprint density at radius 2 is 2.08 bits per heavy atom. The average Bonchev–Trinajstić information content (AvgIpc) is 3.12. The van der Waals surface area contributed by atoms with Gasteiger partial charge in [0.15, 0.2) is 0 Å². The second-order valence-corrected chi connectivity index (χ2v) is 6.04.